The smallest absolute Gasteiger partial charge is 0.161 e. The predicted octanol–water partition coefficient (Wildman–Crippen LogP) is 1.77. The van der Waals surface area contributed by atoms with Crippen molar-refractivity contribution in [2.45, 2.75) is 6.92 Å². The summed E-state index contributed by atoms with van der Waals surface area (Å²) in [5.74, 6) is -0.625. The SMILES string of the molecule is C=C1C(F)=CN(C)C=C1C(C)=O. The second-order valence-corrected chi connectivity index (χ2v) is 2.72. The van der Waals surface area contributed by atoms with Crippen molar-refractivity contribution in [2.75, 3.05) is 7.05 Å². The van der Waals surface area contributed by atoms with Crippen molar-refractivity contribution in [3.63, 3.8) is 0 Å². The maximum Gasteiger partial charge on any atom is 0.161 e. The fourth-order valence-corrected chi connectivity index (χ4v) is 1.01. The normalized spacial score (nSPS) is 17.2. The topological polar surface area (TPSA) is 20.3 Å². The Kier molecular flexibility index (Phi) is 2.13. The summed E-state index contributed by atoms with van der Waals surface area (Å²) >= 11 is 0. The zero-order valence-electron chi connectivity index (χ0n) is 7.10. The molecule has 0 atom stereocenters. The summed E-state index contributed by atoms with van der Waals surface area (Å²) in [6, 6.07) is 0. The van der Waals surface area contributed by atoms with Gasteiger partial charge in [0.1, 0.15) is 5.83 Å². The number of hydrogen-bond acceptors (Lipinski definition) is 2. The molecular formula is C9H10FNO. The van der Waals surface area contributed by atoms with Crippen molar-refractivity contribution in [1.29, 1.82) is 0 Å². The van der Waals surface area contributed by atoms with Crippen LogP contribution >= 0.6 is 0 Å². The lowest BCUT2D eigenvalue weighted by atomic mass is 10.0. The third-order valence-corrected chi connectivity index (χ3v) is 1.64. The fraction of sp³-hybridized carbons (Fsp3) is 0.222. The molecule has 0 fully saturated rings. The van der Waals surface area contributed by atoms with Crippen molar-refractivity contribution in [2.24, 2.45) is 0 Å². The molecule has 0 saturated carbocycles. The van der Waals surface area contributed by atoms with Gasteiger partial charge < -0.3 is 4.90 Å². The minimum atomic E-state index is -0.454. The third kappa shape index (κ3) is 1.44. The Hall–Kier alpha value is -1.38. The molecule has 1 rings (SSSR count). The van der Waals surface area contributed by atoms with Gasteiger partial charge in [-0.25, -0.2) is 4.39 Å². The highest BCUT2D eigenvalue weighted by molar-refractivity contribution is 5.98. The Morgan fingerprint density at radius 2 is 2.17 bits per heavy atom. The summed E-state index contributed by atoms with van der Waals surface area (Å²) in [5, 5.41) is 0. The van der Waals surface area contributed by atoms with Crippen LogP contribution in [0.3, 0.4) is 0 Å². The molecule has 0 unspecified atom stereocenters. The number of hydrogen-bond donors (Lipinski definition) is 0. The Morgan fingerprint density at radius 1 is 1.58 bits per heavy atom. The summed E-state index contributed by atoms with van der Waals surface area (Å²) in [6.07, 6.45) is 2.85. The standard InChI is InChI=1S/C9H10FNO/c1-6-8(7(2)12)4-11(3)5-9(6)10/h4-5H,1H2,2-3H3. The summed E-state index contributed by atoms with van der Waals surface area (Å²) in [7, 11) is 1.66. The number of allylic oxidation sites excluding steroid dienone is 3. The van der Waals surface area contributed by atoms with Gasteiger partial charge in [-0.1, -0.05) is 6.58 Å². The number of carbonyl (C=O) groups is 1. The minimum absolute atomic E-state index is 0.167. The highest BCUT2D eigenvalue weighted by Gasteiger charge is 2.17. The van der Waals surface area contributed by atoms with E-state index in [1.165, 1.54) is 18.0 Å². The van der Waals surface area contributed by atoms with E-state index in [1.807, 2.05) is 0 Å². The molecule has 0 amide bonds. The van der Waals surface area contributed by atoms with Crippen molar-refractivity contribution < 1.29 is 9.18 Å². The molecule has 0 aromatic rings. The number of nitrogens with zero attached hydrogens (tertiary/aromatic N) is 1. The van der Waals surface area contributed by atoms with Crippen molar-refractivity contribution in [1.82, 2.24) is 4.90 Å². The summed E-state index contributed by atoms with van der Waals surface area (Å²) in [5.41, 5.74) is 0.498. The van der Waals surface area contributed by atoms with Crippen LogP contribution in [-0.2, 0) is 4.79 Å². The van der Waals surface area contributed by atoms with E-state index in [0.29, 0.717) is 5.57 Å². The lowest BCUT2D eigenvalue weighted by Crippen LogP contribution is -2.13. The molecule has 0 N–H and O–H groups in total. The minimum Gasteiger partial charge on any atom is -0.354 e. The molecule has 1 aliphatic heterocycles. The first-order valence-electron chi connectivity index (χ1n) is 3.54. The Balaban J connectivity index is 3.04. The van der Waals surface area contributed by atoms with Gasteiger partial charge in [0.05, 0.1) is 0 Å². The van der Waals surface area contributed by atoms with Crippen LogP contribution in [0.4, 0.5) is 4.39 Å². The average molecular weight is 167 g/mol. The van der Waals surface area contributed by atoms with Crippen LogP contribution in [0.5, 0.6) is 0 Å². The van der Waals surface area contributed by atoms with Crippen LogP contribution < -0.4 is 0 Å². The monoisotopic (exact) mass is 167 g/mol. The number of ketones is 1. The van der Waals surface area contributed by atoms with Crippen LogP contribution in [0.2, 0.25) is 0 Å². The molecule has 3 heteroatoms. The van der Waals surface area contributed by atoms with Gasteiger partial charge in [-0.15, -0.1) is 0 Å². The Bertz CT molecular complexity index is 302. The van der Waals surface area contributed by atoms with Crippen molar-refractivity contribution in [3.8, 4) is 0 Å². The molecular weight excluding hydrogens is 157 g/mol. The van der Waals surface area contributed by atoms with Crippen LogP contribution in [0.15, 0.2) is 36.0 Å². The van der Waals surface area contributed by atoms with Crippen LogP contribution in [0.25, 0.3) is 0 Å². The van der Waals surface area contributed by atoms with Crippen molar-refractivity contribution in [3.05, 3.63) is 36.0 Å². The second kappa shape index (κ2) is 2.93. The summed E-state index contributed by atoms with van der Waals surface area (Å²) in [6.45, 7) is 4.87. The maximum absolute atomic E-state index is 13.0. The van der Waals surface area contributed by atoms with E-state index in [0.717, 1.165) is 0 Å². The first kappa shape index (κ1) is 8.71. The van der Waals surface area contributed by atoms with E-state index >= 15 is 0 Å². The maximum atomic E-state index is 13.0. The number of rotatable bonds is 1. The molecule has 64 valence electrons. The van der Waals surface area contributed by atoms with Gasteiger partial charge in [0.25, 0.3) is 0 Å². The lowest BCUT2D eigenvalue weighted by Gasteiger charge is -2.18. The molecule has 0 spiro atoms. The van der Waals surface area contributed by atoms with E-state index in [4.69, 9.17) is 0 Å². The molecule has 0 bridgehead atoms. The predicted molar refractivity (Wildman–Crippen MR) is 44.9 cm³/mol. The largest absolute Gasteiger partial charge is 0.354 e. The molecule has 12 heavy (non-hydrogen) atoms. The highest BCUT2D eigenvalue weighted by Crippen LogP contribution is 2.24. The summed E-state index contributed by atoms with van der Waals surface area (Å²) in [4.78, 5) is 12.5. The van der Waals surface area contributed by atoms with E-state index in [1.54, 1.807) is 13.2 Å². The summed E-state index contributed by atoms with van der Waals surface area (Å²) < 4.78 is 13.0. The van der Waals surface area contributed by atoms with E-state index in [2.05, 4.69) is 6.58 Å². The Labute approximate surface area is 70.7 Å². The number of halogens is 1. The third-order valence-electron chi connectivity index (χ3n) is 1.64. The van der Waals surface area contributed by atoms with Gasteiger partial charge >= 0.3 is 0 Å². The zero-order valence-corrected chi connectivity index (χ0v) is 7.10. The molecule has 0 saturated heterocycles. The quantitative estimate of drug-likeness (QED) is 0.593. The molecule has 0 aromatic heterocycles. The van der Waals surface area contributed by atoms with Crippen LogP contribution in [0.1, 0.15) is 6.92 Å². The van der Waals surface area contributed by atoms with Crippen molar-refractivity contribution >= 4 is 5.78 Å². The van der Waals surface area contributed by atoms with E-state index in [9.17, 15) is 9.18 Å². The van der Waals surface area contributed by atoms with Gasteiger partial charge in [0.2, 0.25) is 0 Å². The van der Waals surface area contributed by atoms with Crippen LogP contribution in [0, 0.1) is 0 Å². The number of Topliss-reactive ketones (excluding diaryl/α,β-unsaturated/α-hetero) is 1. The van der Waals surface area contributed by atoms with Gasteiger partial charge in [0, 0.05) is 30.6 Å². The van der Waals surface area contributed by atoms with Gasteiger partial charge in [-0.2, -0.15) is 0 Å². The zero-order chi connectivity index (χ0) is 9.30. The molecule has 0 aromatic carbocycles. The van der Waals surface area contributed by atoms with E-state index < -0.39 is 5.83 Å². The Morgan fingerprint density at radius 3 is 2.67 bits per heavy atom. The highest BCUT2D eigenvalue weighted by atomic mass is 19.1. The second-order valence-electron chi connectivity index (χ2n) is 2.72. The van der Waals surface area contributed by atoms with Crippen LogP contribution in [-0.4, -0.2) is 17.7 Å². The molecule has 1 heterocycles. The first-order valence-corrected chi connectivity index (χ1v) is 3.54. The van der Waals surface area contributed by atoms with E-state index in [-0.39, 0.29) is 11.4 Å². The molecule has 2 nitrogen and oxygen atoms in total. The average Bonchev–Trinajstić information content (AvgIpc) is 1.96. The van der Waals surface area contributed by atoms with Gasteiger partial charge in [0.15, 0.2) is 5.78 Å². The fourth-order valence-electron chi connectivity index (χ4n) is 1.01. The lowest BCUT2D eigenvalue weighted by molar-refractivity contribution is -0.113. The van der Waals surface area contributed by atoms with Gasteiger partial charge in [-0.3, -0.25) is 4.79 Å². The molecule has 1 aliphatic rings. The van der Waals surface area contributed by atoms with Gasteiger partial charge in [-0.05, 0) is 6.92 Å². The molecule has 0 radical (unpaired) electrons. The first-order chi connectivity index (χ1) is 5.52. The number of carbonyl (C=O) groups excluding carboxylic acids is 1. The molecule has 0 aliphatic carbocycles.